The number of nitrogens with one attached hydrogen (secondary N) is 3. The summed E-state index contributed by atoms with van der Waals surface area (Å²) in [5, 5.41) is 5.33. The fourth-order valence-electron chi connectivity index (χ4n) is 2.68. The first-order valence-corrected chi connectivity index (χ1v) is 10.3. The molecule has 5 N–H and O–H groups in total. The minimum atomic E-state index is -0.585. The van der Waals surface area contributed by atoms with Crippen LogP contribution in [-0.2, 0) is 14.3 Å². The Bertz CT molecular complexity index is 934. The van der Waals surface area contributed by atoms with Gasteiger partial charge in [0.05, 0.1) is 31.3 Å². The number of hydrogen-bond acceptors (Lipinski definition) is 6. The molecule has 0 aromatic heterocycles. The third-order valence-electron chi connectivity index (χ3n) is 4.09. The second-order valence-corrected chi connectivity index (χ2v) is 7.25. The van der Waals surface area contributed by atoms with Gasteiger partial charge in [-0.05, 0) is 42.8 Å². The molecule has 0 aliphatic rings. The summed E-state index contributed by atoms with van der Waals surface area (Å²) >= 11 is 3.36. The molecule has 1 unspecified atom stereocenters. The molecule has 0 heterocycles. The molecule has 10 heteroatoms. The Morgan fingerprint density at radius 2 is 1.94 bits per heavy atom. The number of nitrogens with zero attached hydrogens (tertiary/aromatic N) is 1. The number of carbonyl (C=O) groups is 3. The fraction of sp³-hybridized carbons (Fsp3) is 0.238. The van der Waals surface area contributed by atoms with Crippen LogP contribution in [0.1, 0.15) is 35.3 Å². The molecule has 9 nitrogen and oxygen atoms in total. The average molecular weight is 490 g/mol. The first kappa shape index (κ1) is 24.0. The smallest absolute Gasteiger partial charge is 0.308 e. The van der Waals surface area contributed by atoms with E-state index in [4.69, 9.17) is 10.6 Å². The SMILES string of the molecule is CCOC(=O)CC(NC(=O)CNC(=O)c1cccc(N=CNN)c1)c1ccc(Br)cc1. The van der Waals surface area contributed by atoms with Gasteiger partial charge in [-0.15, -0.1) is 0 Å². The van der Waals surface area contributed by atoms with E-state index in [1.807, 2.05) is 12.1 Å². The summed E-state index contributed by atoms with van der Waals surface area (Å²) < 4.78 is 5.88. The summed E-state index contributed by atoms with van der Waals surface area (Å²) in [5.74, 6) is 3.84. The van der Waals surface area contributed by atoms with Crippen molar-refractivity contribution in [2.45, 2.75) is 19.4 Å². The second-order valence-electron chi connectivity index (χ2n) is 6.34. The first-order valence-electron chi connectivity index (χ1n) is 9.50. The number of hydrogen-bond donors (Lipinski definition) is 4. The van der Waals surface area contributed by atoms with Gasteiger partial charge in [-0.25, -0.2) is 10.8 Å². The van der Waals surface area contributed by atoms with Gasteiger partial charge in [0, 0.05) is 10.0 Å². The van der Waals surface area contributed by atoms with Crippen molar-refractivity contribution in [3.63, 3.8) is 0 Å². The third-order valence-corrected chi connectivity index (χ3v) is 4.62. The van der Waals surface area contributed by atoms with Gasteiger partial charge in [-0.3, -0.25) is 14.4 Å². The van der Waals surface area contributed by atoms with Crippen LogP contribution in [0.3, 0.4) is 0 Å². The van der Waals surface area contributed by atoms with Crippen LogP contribution >= 0.6 is 15.9 Å². The number of aliphatic imine (C=N–C) groups is 1. The fourth-order valence-corrected chi connectivity index (χ4v) is 2.95. The molecule has 2 rings (SSSR count). The van der Waals surface area contributed by atoms with Crippen LogP contribution in [-0.4, -0.2) is 37.3 Å². The number of esters is 1. The minimum Gasteiger partial charge on any atom is -0.466 e. The van der Waals surface area contributed by atoms with E-state index in [-0.39, 0.29) is 19.6 Å². The largest absolute Gasteiger partial charge is 0.466 e. The van der Waals surface area contributed by atoms with Crippen LogP contribution in [0.4, 0.5) is 5.69 Å². The predicted octanol–water partition coefficient (Wildman–Crippen LogP) is 2.11. The van der Waals surface area contributed by atoms with E-state index in [1.54, 1.807) is 43.3 Å². The number of nitrogens with two attached hydrogens (primary N) is 1. The molecular formula is C21H24BrN5O4. The van der Waals surface area contributed by atoms with Crippen molar-refractivity contribution < 1.29 is 19.1 Å². The second kappa shape index (κ2) is 12.5. The van der Waals surface area contributed by atoms with Gasteiger partial charge < -0.3 is 20.8 Å². The summed E-state index contributed by atoms with van der Waals surface area (Å²) in [6, 6.07) is 13.2. The normalized spacial score (nSPS) is 11.6. The highest BCUT2D eigenvalue weighted by Crippen LogP contribution is 2.20. The lowest BCUT2D eigenvalue weighted by molar-refractivity contribution is -0.143. The van der Waals surface area contributed by atoms with Crippen molar-refractivity contribution in [2.75, 3.05) is 13.2 Å². The van der Waals surface area contributed by atoms with Gasteiger partial charge >= 0.3 is 5.97 Å². The van der Waals surface area contributed by atoms with E-state index in [1.165, 1.54) is 6.34 Å². The zero-order valence-electron chi connectivity index (χ0n) is 16.9. The van der Waals surface area contributed by atoms with Crippen LogP contribution in [0.5, 0.6) is 0 Å². The van der Waals surface area contributed by atoms with Crippen molar-refractivity contribution in [1.82, 2.24) is 16.1 Å². The Hall–Kier alpha value is -3.24. The molecule has 164 valence electrons. The number of amides is 2. The number of ether oxygens (including phenoxy) is 1. The highest BCUT2D eigenvalue weighted by atomic mass is 79.9. The monoisotopic (exact) mass is 489 g/mol. The summed E-state index contributed by atoms with van der Waals surface area (Å²) in [7, 11) is 0. The Labute approximate surface area is 188 Å². The van der Waals surface area contributed by atoms with E-state index >= 15 is 0 Å². The first-order chi connectivity index (χ1) is 14.9. The molecule has 2 aromatic rings. The Morgan fingerprint density at radius 3 is 2.61 bits per heavy atom. The van der Waals surface area contributed by atoms with Crippen molar-refractivity contribution in [2.24, 2.45) is 10.8 Å². The highest BCUT2D eigenvalue weighted by molar-refractivity contribution is 9.10. The lowest BCUT2D eigenvalue weighted by Crippen LogP contribution is -2.39. The molecule has 0 bridgehead atoms. The molecule has 31 heavy (non-hydrogen) atoms. The van der Waals surface area contributed by atoms with E-state index in [0.717, 1.165) is 10.0 Å². The number of benzene rings is 2. The van der Waals surface area contributed by atoms with Gasteiger partial charge in [-0.1, -0.05) is 34.1 Å². The van der Waals surface area contributed by atoms with Crippen molar-refractivity contribution in [1.29, 1.82) is 0 Å². The van der Waals surface area contributed by atoms with Gasteiger partial charge in [0.15, 0.2) is 0 Å². The molecule has 0 aliphatic carbocycles. The molecular weight excluding hydrogens is 466 g/mol. The number of carbonyl (C=O) groups excluding carboxylic acids is 3. The lowest BCUT2D eigenvalue weighted by atomic mass is 10.0. The third kappa shape index (κ3) is 8.19. The van der Waals surface area contributed by atoms with E-state index in [2.05, 4.69) is 37.0 Å². The van der Waals surface area contributed by atoms with Gasteiger partial charge in [-0.2, -0.15) is 0 Å². The maximum absolute atomic E-state index is 12.4. The number of rotatable bonds is 10. The molecule has 2 amide bonds. The van der Waals surface area contributed by atoms with E-state index in [9.17, 15) is 14.4 Å². The standard InChI is InChI=1S/C21H24BrN5O4/c1-2-31-20(29)11-18(14-6-8-16(22)9-7-14)27-19(28)12-24-21(30)15-4-3-5-17(10-15)25-13-26-23/h3-10,13,18H,2,11-12,23H2,1H3,(H,24,30)(H,25,26)(H,27,28). The molecule has 0 saturated carbocycles. The van der Waals surface area contributed by atoms with E-state index < -0.39 is 23.8 Å². The van der Waals surface area contributed by atoms with Gasteiger partial charge in [0.2, 0.25) is 5.91 Å². The average Bonchev–Trinajstić information content (AvgIpc) is 2.76. The van der Waals surface area contributed by atoms with Crippen LogP contribution in [0, 0.1) is 0 Å². The van der Waals surface area contributed by atoms with Crippen LogP contribution in [0.15, 0.2) is 58.0 Å². The zero-order valence-corrected chi connectivity index (χ0v) is 18.5. The number of hydrazine groups is 1. The maximum atomic E-state index is 12.4. The summed E-state index contributed by atoms with van der Waals surface area (Å²) in [6.45, 7) is 1.71. The predicted molar refractivity (Wildman–Crippen MR) is 121 cm³/mol. The maximum Gasteiger partial charge on any atom is 0.308 e. The molecule has 0 aliphatic heterocycles. The zero-order chi connectivity index (χ0) is 22.6. The topological polar surface area (TPSA) is 135 Å². The Kier molecular flexibility index (Phi) is 9.66. The summed E-state index contributed by atoms with van der Waals surface area (Å²) in [5.41, 5.74) is 3.90. The van der Waals surface area contributed by atoms with Crippen molar-refractivity contribution in [3.8, 4) is 0 Å². The summed E-state index contributed by atoms with van der Waals surface area (Å²) in [4.78, 5) is 40.8. The summed E-state index contributed by atoms with van der Waals surface area (Å²) in [6.07, 6.45) is 1.26. The molecule has 0 fully saturated rings. The molecule has 0 spiro atoms. The lowest BCUT2D eigenvalue weighted by Gasteiger charge is -2.19. The Balaban J connectivity index is 2.00. The van der Waals surface area contributed by atoms with E-state index in [0.29, 0.717) is 11.3 Å². The molecule has 1 atom stereocenters. The van der Waals surface area contributed by atoms with Crippen LogP contribution < -0.4 is 21.9 Å². The number of halogens is 1. The highest BCUT2D eigenvalue weighted by Gasteiger charge is 2.20. The van der Waals surface area contributed by atoms with Gasteiger partial charge in [0.1, 0.15) is 6.34 Å². The molecule has 2 aromatic carbocycles. The van der Waals surface area contributed by atoms with Gasteiger partial charge in [0.25, 0.3) is 5.91 Å². The molecule has 0 saturated heterocycles. The Morgan fingerprint density at radius 1 is 1.19 bits per heavy atom. The van der Waals surface area contributed by atoms with Crippen molar-refractivity contribution >= 4 is 45.7 Å². The van der Waals surface area contributed by atoms with Crippen LogP contribution in [0.25, 0.3) is 0 Å². The quantitative estimate of drug-likeness (QED) is 0.133. The minimum absolute atomic E-state index is 0.0234. The van der Waals surface area contributed by atoms with Crippen molar-refractivity contribution in [3.05, 3.63) is 64.1 Å². The molecule has 0 radical (unpaired) electrons. The van der Waals surface area contributed by atoms with Crippen LogP contribution in [0.2, 0.25) is 0 Å².